The predicted molar refractivity (Wildman–Crippen MR) is 184 cm³/mol. The molecule has 13 heteroatoms. The summed E-state index contributed by atoms with van der Waals surface area (Å²) >= 11 is 0. The van der Waals surface area contributed by atoms with Crippen LogP contribution < -0.4 is 17.0 Å². The molecule has 0 bridgehead atoms. The molecule has 0 unspecified atom stereocenters. The van der Waals surface area contributed by atoms with Crippen molar-refractivity contribution >= 4 is 23.1 Å². The third kappa shape index (κ3) is 5.42. The number of carbonyl (C=O) groups is 2. The first-order valence-electron chi connectivity index (χ1n) is 16.1. The minimum atomic E-state index is -0.893. The Hall–Kier alpha value is -6.11. The number of hydrogen-bond acceptors (Lipinski definition) is 9. The monoisotopic (exact) mass is 657 g/mol. The van der Waals surface area contributed by atoms with Gasteiger partial charge in [0.2, 0.25) is 11.8 Å². The van der Waals surface area contributed by atoms with Gasteiger partial charge < -0.3 is 20.8 Å². The Morgan fingerprint density at radius 2 is 1.69 bits per heavy atom. The van der Waals surface area contributed by atoms with Gasteiger partial charge in [0.05, 0.1) is 11.8 Å². The number of anilines is 1. The van der Waals surface area contributed by atoms with Crippen LogP contribution in [0.3, 0.4) is 0 Å². The number of rotatable bonds is 7. The highest BCUT2D eigenvalue weighted by atomic mass is 16.3. The number of primary amides is 1. The summed E-state index contributed by atoms with van der Waals surface area (Å²) in [5, 5.41) is 4.57. The SMILES string of the molecule is Cc1c(-c2ncco2)c(-c2ccc(-c3cc(C4CCN(C(=O)C(C)C)CC4)n4ncnc(N)c34)cc2)c(C(N)=O)c(=O)n1-c1ccccn1. The van der Waals surface area contributed by atoms with E-state index < -0.39 is 11.5 Å². The third-order valence-electron chi connectivity index (χ3n) is 9.20. The maximum atomic E-state index is 14.0. The van der Waals surface area contributed by atoms with Crippen molar-refractivity contribution in [3.8, 4) is 39.5 Å². The zero-order chi connectivity index (χ0) is 34.4. The Balaban J connectivity index is 1.34. The number of benzene rings is 1. The number of pyridine rings is 2. The van der Waals surface area contributed by atoms with E-state index in [9.17, 15) is 14.4 Å². The highest BCUT2D eigenvalue weighted by Crippen LogP contribution is 2.40. The molecule has 1 fully saturated rings. The van der Waals surface area contributed by atoms with E-state index in [0.717, 1.165) is 29.7 Å². The maximum absolute atomic E-state index is 14.0. The number of amides is 2. The minimum absolute atomic E-state index is 0.0417. The van der Waals surface area contributed by atoms with Crippen molar-refractivity contribution in [1.82, 2.24) is 34.0 Å². The Bertz CT molecular complexity index is 2250. The predicted octanol–water partition coefficient (Wildman–Crippen LogP) is 4.62. The lowest BCUT2D eigenvalue weighted by Crippen LogP contribution is -2.40. The maximum Gasteiger partial charge on any atom is 0.270 e. The van der Waals surface area contributed by atoms with Crippen LogP contribution in [-0.4, -0.2) is 58.9 Å². The van der Waals surface area contributed by atoms with Gasteiger partial charge in [-0.25, -0.2) is 19.5 Å². The van der Waals surface area contributed by atoms with Crippen molar-refractivity contribution in [1.29, 1.82) is 0 Å². The average Bonchev–Trinajstić information content (AvgIpc) is 3.78. The second-order valence-corrected chi connectivity index (χ2v) is 12.5. The summed E-state index contributed by atoms with van der Waals surface area (Å²) in [5.74, 6) is 0.287. The summed E-state index contributed by atoms with van der Waals surface area (Å²) in [6.45, 7) is 6.94. The van der Waals surface area contributed by atoms with Crippen molar-refractivity contribution in [3.63, 3.8) is 0 Å². The number of nitrogens with zero attached hydrogens (tertiary/aromatic N) is 7. The Morgan fingerprint density at radius 3 is 2.33 bits per heavy atom. The second kappa shape index (κ2) is 12.5. The van der Waals surface area contributed by atoms with Gasteiger partial charge in [-0.15, -0.1) is 0 Å². The molecule has 0 radical (unpaired) electrons. The van der Waals surface area contributed by atoms with Crippen LogP contribution in [0, 0.1) is 12.8 Å². The van der Waals surface area contributed by atoms with Gasteiger partial charge in [-0.05, 0) is 49.1 Å². The first kappa shape index (κ1) is 31.5. The number of hydrogen-bond donors (Lipinski definition) is 2. The highest BCUT2D eigenvalue weighted by Gasteiger charge is 2.30. The van der Waals surface area contributed by atoms with Gasteiger partial charge >= 0.3 is 0 Å². The lowest BCUT2D eigenvalue weighted by atomic mass is 9.91. The van der Waals surface area contributed by atoms with Gasteiger partial charge in [-0.3, -0.25) is 19.0 Å². The number of nitrogens with two attached hydrogens (primary N) is 2. The van der Waals surface area contributed by atoms with Gasteiger partial charge in [0.1, 0.15) is 29.5 Å². The topological polar surface area (TPSA) is 181 Å². The Morgan fingerprint density at radius 1 is 0.959 bits per heavy atom. The van der Waals surface area contributed by atoms with Crippen molar-refractivity contribution in [2.75, 3.05) is 18.8 Å². The molecule has 0 atom stereocenters. The summed E-state index contributed by atoms with van der Waals surface area (Å²) in [4.78, 5) is 54.6. The van der Waals surface area contributed by atoms with Gasteiger partial charge in [0.15, 0.2) is 5.82 Å². The molecule has 13 nitrogen and oxygen atoms in total. The highest BCUT2D eigenvalue weighted by molar-refractivity contribution is 6.04. The summed E-state index contributed by atoms with van der Waals surface area (Å²) in [5.41, 5.74) is 16.7. The molecule has 5 aromatic heterocycles. The third-order valence-corrected chi connectivity index (χ3v) is 9.20. The van der Waals surface area contributed by atoms with Crippen LogP contribution in [0.5, 0.6) is 0 Å². The zero-order valence-electron chi connectivity index (χ0n) is 27.3. The van der Waals surface area contributed by atoms with Gasteiger partial charge in [0, 0.05) is 53.6 Å². The van der Waals surface area contributed by atoms with Crippen LogP contribution in [-0.2, 0) is 4.79 Å². The van der Waals surface area contributed by atoms with E-state index in [0.29, 0.717) is 52.6 Å². The molecule has 7 rings (SSSR count). The first-order chi connectivity index (χ1) is 23.7. The number of aromatic nitrogens is 6. The summed E-state index contributed by atoms with van der Waals surface area (Å²) < 4.78 is 8.92. The molecule has 4 N–H and O–H groups in total. The van der Waals surface area contributed by atoms with E-state index in [1.54, 1.807) is 31.3 Å². The van der Waals surface area contributed by atoms with E-state index in [-0.39, 0.29) is 29.2 Å². The molecule has 6 heterocycles. The number of fused-ring (bicyclic) bond motifs is 1. The van der Waals surface area contributed by atoms with Gasteiger partial charge in [-0.1, -0.05) is 44.2 Å². The number of nitrogen functional groups attached to an aromatic ring is 1. The van der Waals surface area contributed by atoms with Crippen LogP contribution >= 0.6 is 0 Å². The fourth-order valence-electron chi connectivity index (χ4n) is 6.86. The fraction of sp³-hybridized carbons (Fsp3) is 0.250. The standard InChI is InChI=1S/C36H35N9O4/c1-20(2)35(47)43-15-11-23(12-16-43)26-18-25(31-32(37)41-19-42-45(26)31)22-7-9-24(10-8-22)29-28(34-40-14-17-49-34)21(3)44(27-6-4-5-13-39-27)36(48)30(29)33(38)46/h4-10,13-14,17-20,23H,11-12,15-16H2,1-3H3,(H2,38,46)(H2,37,41,42). The minimum Gasteiger partial charge on any atom is -0.444 e. The molecule has 2 amide bonds. The number of oxazole rings is 1. The van der Waals surface area contributed by atoms with Gasteiger partial charge in [0.25, 0.3) is 11.5 Å². The molecular formula is C36H35N9O4. The lowest BCUT2D eigenvalue weighted by molar-refractivity contribution is -0.135. The quantitative estimate of drug-likeness (QED) is 0.248. The lowest BCUT2D eigenvalue weighted by Gasteiger charge is -2.33. The summed E-state index contributed by atoms with van der Waals surface area (Å²) in [6, 6.07) is 14.7. The van der Waals surface area contributed by atoms with Gasteiger partial charge in [-0.2, -0.15) is 5.10 Å². The molecule has 6 aromatic rings. The number of piperidine rings is 1. The smallest absolute Gasteiger partial charge is 0.270 e. The van der Waals surface area contributed by atoms with Crippen LogP contribution in [0.15, 0.2) is 82.7 Å². The fourth-order valence-corrected chi connectivity index (χ4v) is 6.86. The molecule has 1 saturated heterocycles. The molecule has 49 heavy (non-hydrogen) atoms. The van der Waals surface area contributed by atoms with Crippen molar-refractivity contribution in [2.45, 2.75) is 39.5 Å². The molecule has 248 valence electrons. The normalized spacial score (nSPS) is 13.8. The van der Waals surface area contributed by atoms with E-state index >= 15 is 0 Å². The van der Waals surface area contributed by atoms with Crippen LogP contribution in [0.4, 0.5) is 5.82 Å². The largest absolute Gasteiger partial charge is 0.444 e. The van der Waals surface area contributed by atoms with Crippen molar-refractivity contribution in [2.24, 2.45) is 11.7 Å². The van der Waals surface area contributed by atoms with Crippen LogP contribution in [0.1, 0.15) is 54.4 Å². The molecule has 1 aliphatic heterocycles. The van der Waals surface area contributed by atoms with Crippen LogP contribution in [0.2, 0.25) is 0 Å². The second-order valence-electron chi connectivity index (χ2n) is 12.5. The van der Waals surface area contributed by atoms with E-state index in [1.165, 1.54) is 23.4 Å². The molecular weight excluding hydrogens is 622 g/mol. The Labute approximate surface area is 281 Å². The number of carbonyl (C=O) groups excluding carboxylic acids is 2. The Kier molecular flexibility index (Phi) is 8.02. The molecule has 0 spiro atoms. The molecule has 0 saturated carbocycles. The van der Waals surface area contributed by atoms with E-state index in [4.69, 9.17) is 15.9 Å². The van der Waals surface area contributed by atoms with E-state index in [2.05, 4.69) is 26.1 Å². The van der Waals surface area contributed by atoms with Crippen molar-refractivity contribution < 1.29 is 14.0 Å². The molecule has 1 aromatic carbocycles. The number of likely N-dealkylation sites (tertiary alicyclic amines) is 1. The van der Waals surface area contributed by atoms with E-state index in [1.807, 2.05) is 47.5 Å². The molecule has 1 aliphatic rings. The van der Waals surface area contributed by atoms with Crippen molar-refractivity contribution in [3.05, 3.63) is 101 Å². The average molecular weight is 658 g/mol. The summed E-state index contributed by atoms with van der Waals surface area (Å²) in [7, 11) is 0. The first-order valence-corrected chi connectivity index (χ1v) is 16.1. The van der Waals surface area contributed by atoms with Crippen LogP contribution in [0.25, 0.3) is 45.0 Å². The summed E-state index contributed by atoms with van der Waals surface area (Å²) in [6.07, 6.45) is 7.53. The zero-order valence-corrected chi connectivity index (χ0v) is 27.3. The molecule has 0 aliphatic carbocycles.